The number of anilines is 1. The molecule has 138 valence electrons. The molecule has 4 nitrogen and oxygen atoms in total. The van der Waals surface area contributed by atoms with Crippen LogP contribution in [0.5, 0.6) is 5.75 Å². The number of benzene rings is 2. The molecule has 2 N–H and O–H groups in total. The topological polar surface area (TPSA) is 50.4 Å². The minimum Gasteiger partial charge on any atom is -0.494 e. The molecule has 0 aliphatic rings. The van der Waals surface area contributed by atoms with Gasteiger partial charge in [-0.15, -0.1) is 0 Å². The lowest BCUT2D eigenvalue weighted by Crippen LogP contribution is -2.34. The van der Waals surface area contributed by atoms with Gasteiger partial charge in [-0.05, 0) is 67.4 Å². The van der Waals surface area contributed by atoms with Gasteiger partial charge < -0.3 is 10.1 Å². The molecular weight excluding hydrogens is 344 g/mol. The lowest BCUT2D eigenvalue weighted by atomic mass is 10.1. The van der Waals surface area contributed by atoms with Crippen LogP contribution in [0.4, 0.5) is 5.69 Å². The molecule has 0 bridgehead atoms. The maximum Gasteiger partial charge on any atom is 0.257 e. The van der Waals surface area contributed by atoms with Crippen molar-refractivity contribution in [2.45, 2.75) is 39.5 Å². The first-order valence-corrected chi connectivity index (χ1v) is 9.47. The van der Waals surface area contributed by atoms with Gasteiger partial charge >= 0.3 is 0 Å². The highest BCUT2D eigenvalue weighted by atomic mass is 32.1. The Hall–Kier alpha value is -2.40. The molecule has 0 fully saturated rings. The summed E-state index contributed by atoms with van der Waals surface area (Å²) in [5.74, 6) is 0.421. The summed E-state index contributed by atoms with van der Waals surface area (Å²) in [5, 5.41) is 6.02. The number of aryl methyl sites for hydroxylation is 1. The minimum absolute atomic E-state index is 0.260. The lowest BCUT2D eigenvalue weighted by molar-refractivity contribution is 0.0977. The van der Waals surface area contributed by atoms with Gasteiger partial charge in [-0.3, -0.25) is 10.1 Å². The van der Waals surface area contributed by atoms with Crippen LogP contribution in [0, 0.1) is 0 Å². The summed E-state index contributed by atoms with van der Waals surface area (Å²) in [7, 11) is 0. The highest BCUT2D eigenvalue weighted by Crippen LogP contribution is 2.14. The van der Waals surface area contributed by atoms with E-state index in [1.54, 1.807) is 18.2 Å². The number of nitrogens with one attached hydrogen (secondary N) is 2. The zero-order valence-corrected chi connectivity index (χ0v) is 16.2. The summed E-state index contributed by atoms with van der Waals surface area (Å²) in [6.45, 7) is 4.85. The molecule has 2 aromatic rings. The first kappa shape index (κ1) is 19.9. The number of carbonyl (C=O) groups excluding carboxylic acids is 1. The van der Waals surface area contributed by atoms with E-state index in [0.29, 0.717) is 17.9 Å². The fourth-order valence-corrected chi connectivity index (χ4v) is 2.63. The number of hydrogen-bond donors (Lipinski definition) is 2. The zero-order chi connectivity index (χ0) is 18.8. The van der Waals surface area contributed by atoms with E-state index >= 15 is 0 Å². The van der Waals surface area contributed by atoms with Crippen molar-refractivity contribution in [1.82, 2.24) is 5.32 Å². The Morgan fingerprint density at radius 3 is 2.54 bits per heavy atom. The van der Waals surface area contributed by atoms with E-state index < -0.39 is 0 Å². The van der Waals surface area contributed by atoms with Gasteiger partial charge in [-0.2, -0.15) is 0 Å². The standard InChI is InChI=1S/C21H26N2O2S/c1-3-5-7-16-10-12-18(13-11-16)22-21(26)23-20(24)17-8-6-9-19(15-17)25-14-4-2/h6,8-13,15H,3-5,7,14H2,1-2H3,(H2,22,23,24,26). The molecule has 2 rings (SSSR count). The van der Waals surface area contributed by atoms with Crippen LogP contribution < -0.4 is 15.4 Å². The Morgan fingerprint density at radius 1 is 1.08 bits per heavy atom. The molecule has 0 unspecified atom stereocenters. The van der Waals surface area contributed by atoms with Crippen LogP contribution in [-0.4, -0.2) is 17.6 Å². The molecule has 5 heteroatoms. The Bertz CT molecular complexity index is 729. The Labute approximate surface area is 161 Å². The van der Waals surface area contributed by atoms with Crippen molar-refractivity contribution in [2.24, 2.45) is 0 Å². The summed E-state index contributed by atoms with van der Waals surface area (Å²) in [6.07, 6.45) is 4.36. The third kappa shape index (κ3) is 6.48. The van der Waals surface area contributed by atoms with Gasteiger partial charge in [-0.1, -0.05) is 38.5 Å². The Kier molecular flexibility index (Phi) is 8.09. The predicted octanol–water partition coefficient (Wildman–Crippen LogP) is 4.94. The number of carbonyl (C=O) groups is 1. The molecule has 0 aromatic heterocycles. The highest BCUT2D eigenvalue weighted by molar-refractivity contribution is 7.80. The Balaban J connectivity index is 1.89. The SMILES string of the molecule is CCCCc1ccc(NC(=S)NC(=O)c2cccc(OCCC)c2)cc1. The first-order chi connectivity index (χ1) is 12.6. The monoisotopic (exact) mass is 370 g/mol. The third-order valence-corrected chi connectivity index (χ3v) is 4.03. The smallest absolute Gasteiger partial charge is 0.257 e. The molecule has 26 heavy (non-hydrogen) atoms. The van der Waals surface area contributed by atoms with Crippen molar-refractivity contribution in [1.29, 1.82) is 0 Å². The van der Waals surface area contributed by atoms with E-state index in [9.17, 15) is 4.79 Å². The second kappa shape index (κ2) is 10.6. The molecule has 0 heterocycles. The van der Waals surface area contributed by atoms with E-state index in [0.717, 1.165) is 18.5 Å². The number of unbranched alkanes of at least 4 members (excludes halogenated alkanes) is 1. The van der Waals surface area contributed by atoms with Crippen LogP contribution in [-0.2, 0) is 6.42 Å². The van der Waals surface area contributed by atoms with Crippen LogP contribution in [0.15, 0.2) is 48.5 Å². The molecule has 0 aliphatic carbocycles. The lowest BCUT2D eigenvalue weighted by Gasteiger charge is -2.11. The molecular formula is C21H26N2O2S. The second-order valence-corrected chi connectivity index (χ2v) is 6.49. The van der Waals surface area contributed by atoms with Crippen molar-refractivity contribution in [3.63, 3.8) is 0 Å². The maximum absolute atomic E-state index is 12.3. The molecule has 1 amide bonds. The van der Waals surface area contributed by atoms with Gasteiger partial charge in [0.05, 0.1) is 6.61 Å². The van der Waals surface area contributed by atoms with Crippen LogP contribution in [0.1, 0.15) is 49.0 Å². The quantitative estimate of drug-likeness (QED) is 0.646. The van der Waals surface area contributed by atoms with Crippen LogP contribution in [0.2, 0.25) is 0 Å². The summed E-state index contributed by atoms with van der Waals surface area (Å²) in [5.41, 5.74) is 2.67. The largest absolute Gasteiger partial charge is 0.494 e. The van der Waals surface area contributed by atoms with Crippen LogP contribution in [0.25, 0.3) is 0 Å². The van der Waals surface area contributed by atoms with Gasteiger partial charge in [0, 0.05) is 11.3 Å². The van der Waals surface area contributed by atoms with E-state index in [1.807, 2.05) is 25.1 Å². The number of ether oxygens (including phenoxy) is 1. The van der Waals surface area contributed by atoms with E-state index in [1.165, 1.54) is 18.4 Å². The van der Waals surface area contributed by atoms with Crippen LogP contribution >= 0.6 is 12.2 Å². The summed E-state index contributed by atoms with van der Waals surface area (Å²) in [4.78, 5) is 12.3. The number of rotatable bonds is 8. The number of thiocarbonyl (C=S) groups is 1. The van der Waals surface area contributed by atoms with Crippen molar-refractivity contribution in [3.8, 4) is 5.75 Å². The van der Waals surface area contributed by atoms with E-state index in [4.69, 9.17) is 17.0 Å². The van der Waals surface area contributed by atoms with Crippen LogP contribution in [0.3, 0.4) is 0 Å². The Morgan fingerprint density at radius 2 is 1.85 bits per heavy atom. The molecule has 0 aliphatic heterocycles. The molecule has 0 saturated heterocycles. The second-order valence-electron chi connectivity index (χ2n) is 6.09. The van der Waals surface area contributed by atoms with Crippen molar-refractivity contribution >= 4 is 28.9 Å². The predicted molar refractivity (Wildman–Crippen MR) is 111 cm³/mol. The average molecular weight is 371 g/mol. The van der Waals surface area contributed by atoms with Gasteiger partial charge in [0.15, 0.2) is 5.11 Å². The molecule has 2 aromatic carbocycles. The molecule has 0 radical (unpaired) electrons. The minimum atomic E-state index is -0.260. The normalized spacial score (nSPS) is 10.2. The van der Waals surface area contributed by atoms with Crippen molar-refractivity contribution in [2.75, 3.05) is 11.9 Å². The van der Waals surface area contributed by atoms with Crippen molar-refractivity contribution < 1.29 is 9.53 Å². The van der Waals surface area contributed by atoms with Crippen molar-refractivity contribution in [3.05, 3.63) is 59.7 Å². The summed E-state index contributed by atoms with van der Waals surface area (Å²) < 4.78 is 5.56. The first-order valence-electron chi connectivity index (χ1n) is 9.06. The molecule has 0 saturated carbocycles. The molecule has 0 spiro atoms. The summed E-state index contributed by atoms with van der Waals surface area (Å²) >= 11 is 5.24. The number of amides is 1. The van der Waals surface area contributed by atoms with Gasteiger partial charge in [0.25, 0.3) is 5.91 Å². The van der Waals surface area contributed by atoms with Gasteiger partial charge in [-0.25, -0.2) is 0 Å². The zero-order valence-electron chi connectivity index (χ0n) is 15.4. The fourth-order valence-electron chi connectivity index (χ4n) is 2.42. The third-order valence-electron chi connectivity index (χ3n) is 3.83. The fraction of sp³-hybridized carbons (Fsp3) is 0.333. The maximum atomic E-state index is 12.3. The van der Waals surface area contributed by atoms with Gasteiger partial charge in [0.2, 0.25) is 0 Å². The molecule has 0 atom stereocenters. The average Bonchev–Trinajstić information content (AvgIpc) is 2.66. The van der Waals surface area contributed by atoms with E-state index in [-0.39, 0.29) is 11.0 Å². The number of hydrogen-bond acceptors (Lipinski definition) is 3. The highest BCUT2D eigenvalue weighted by Gasteiger charge is 2.09. The summed E-state index contributed by atoms with van der Waals surface area (Å²) in [6, 6.07) is 15.2. The van der Waals surface area contributed by atoms with E-state index in [2.05, 4.69) is 29.7 Å². The van der Waals surface area contributed by atoms with Gasteiger partial charge in [0.1, 0.15) is 5.75 Å².